The predicted octanol–water partition coefficient (Wildman–Crippen LogP) is 4.01. The standard InChI is InChI=1S/C9H9BrCl2OS/c1-14-6-4-2-3-5(10)7(6)8(13)9(11)12/h2-4,8-9,13H,1H3. The lowest BCUT2D eigenvalue weighted by Crippen LogP contribution is -2.08. The van der Waals surface area contributed by atoms with E-state index in [9.17, 15) is 5.11 Å². The van der Waals surface area contributed by atoms with Gasteiger partial charge in [-0.2, -0.15) is 0 Å². The molecule has 1 N–H and O–H groups in total. The molecule has 78 valence electrons. The lowest BCUT2D eigenvalue weighted by atomic mass is 10.1. The third kappa shape index (κ3) is 2.80. The van der Waals surface area contributed by atoms with Crippen LogP contribution >= 0.6 is 50.9 Å². The average molecular weight is 316 g/mol. The molecule has 5 heteroatoms. The molecule has 0 aliphatic rings. The largest absolute Gasteiger partial charge is 0.385 e. The summed E-state index contributed by atoms with van der Waals surface area (Å²) in [5.41, 5.74) is 0.745. The van der Waals surface area contributed by atoms with E-state index in [1.165, 1.54) is 0 Å². The summed E-state index contributed by atoms with van der Waals surface area (Å²) in [6, 6.07) is 5.68. The first kappa shape index (κ1) is 12.7. The summed E-state index contributed by atoms with van der Waals surface area (Å²) >= 11 is 16.2. The van der Waals surface area contributed by atoms with Crippen molar-refractivity contribution in [2.45, 2.75) is 15.8 Å². The Labute approximate surface area is 106 Å². The summed E-state index contributed by atoms with van der Waals surface area (Å²) < 4.78 is 0.822. The molecule has 0 aromatic heterocycles. The minimum absolute atomic E-state index is 0.745. The van der Waals surface area contributed by atoms with Crippen LogP contribution in [0.4, 0.5) is 0 Å². The lowest BCUT2D eigenvalue weighted by molar-refractivity contribution is 0.189. The second-order valence-corrected chi connectivity index (χ2v) is 5.50. The van der Waals surface area contributed by atoms with Crippen molar-refractivity contribution >= 4 is 50.9 Å². The van der Waals surface area contributed by atoms with Crippen LogP contribution in [0.5, 0.6) is 0 Å². The number of hydrogen-bond acceptors (Lipinski definition) is 2. The van der Waals surface area contributed by atoms with Crippen LogP contribution in [0.15, 0.2) is 27.6 Å². The maximum Gasteiger partial charge on any atom is 0.137 e. The smallest absolute Gasteiger partial charge is 0.137 e. The molecule has 0 amide bonds. The number of halogens is 3. The van der Waals surface area contributed by atoms with Crippen molar-refractivity contribution in [1.29, 1.82) is 0 Å². The Morgan fingerprint density at radius 1 is 1.43 bits per heavy atom. The highest BCUT2D eigenvalue weighted by molar-refractivity contribution is 9.10. The molecule has 14 heavy (non-hydrogen) atoms. The third-order valence-corrected chi connectivity index (χ3v) is 3.73. The number of thioether (sulfide) groups is 1. The predicted molar refractivity (Wildman–Crippen MR) is 66.4 cm³/mol. The zero-order valence-electron chi connectivity index (χ0n) is 7.38. The highest BCUT2D eigenvalue weighted by atomic mass is 79.9. The lowest BCUT2D eigenvalue weighted by Gasteiger charge is -2.16. The first-order chi connectivity index (χ1) is 6.57. The van der Waals surface area contributed by atoms with E-state index in [-0.39, 0.29) is 0 Å². The molecule has 0 aliphatic heterocycles. The van der Waals surface area contributed by atoms with Gasteiger partial charge in [0.1, 0.15) is 10.9 Å². The number of aliphatic hydroxyl groups is 1. The Bertz CT molecular complexity index is 320. The van der Waals surface area contributed by atoms with Gasteiger partial charge in [-0.05, 0) is 18.4 Å². The van der Waals surface area contributed by atoms with Crippen molar-refractivity contribution < 1.29 is 5.11 Å². The number of benzene rings is 1. The fraction of sp³-hybridized carbons (Fsp3) is 0.333. The van der Waals surface area contributed by atoms with E-state index >= 15 is 0 Å². The summed E-state index contributed by atoms with van der Waals surface area (Å²) in [5.74, 6) is 0. The van der Waals surface area contributed by atoms with Gasteiger partial charge in [-0.3, -0.25) is 0 Å². The summed E-state index contributed by atoms with van der Waals surface area (Å²) in [7, 11) is 0. The normalized spacial score (nSPS) is 13.3. The van der Waals surface area contributed by atoms with Crippen molar-refractivity contribution in [2.75, 3.05) is 6.26 Å². The minimum Gasteiger partial charge on any atom is -0.385 e. The van der Waals surface area contributed by atoms with Gasteiger partial charge in [-0.1, -0.05) is 22.0 Å². The zero-order chi connectivity index (χ0) is 10.7. The van der Waals surface area contributed by atoms with E-state index in [4.69, 9.17) is 23.2 Å². The number of alkyl halides is 2. The van der Waals surface area contributed by atoms with Crippen molar-refractivity contribution in [3.8, 4) is 0 Å². The van der Waals surface area contributed by atoms with E-state index in [1.807, 2.05) is 24.5 Å². The molecule has 0 fully saturated rings. The first-order valence-corrected chi connectivity index (χ1v) is 6.75. The van der Waals surface area contributed by atoms with Gasteiger partial charge in [0.05, 0.1) is 0 Å². The topological polar surface area (TPSA) is 20.2 Å². The Morgan fingerprint density at radius 2 is 2.07 bits per heavy atom. The molecule has 0 heterocycles. The Morgan fingerprint density at radius 3 is 2.57 bits per heavy atom. The van der Waals surface area contributed by atoms with E-state index in [0.717, 1.165) is 14.9 Å². The molecule has 1 aromatic rings. The third-order valence-electron chi connectivity index (χ3n) is 1.77. The molecule has 0 saturated heterocycles. The number of aliphatic hydroxyl groups excluding tert-OH is 1. The van der Waals surface area contributed by atoms with Crippen LogP contribution in [0.2, 0.25) is 0 Å². The Kier molecular flexibility index (Phi) is 5.08. The second-order valence-electron chi connectivity index (χ2n) is 2.64. The maximum absolute atomic E-state index is 9.78. The monoisotopic (exact) mass is 314 g/mol. The highest BCUT2D eigenvalue weighted by Gasteiger charge is 2.21. The Balaban J connectivity index is 3.16. The Hall–Kier alpha value is 0.590. The molecule has 1 nitrogen and oxygen atoms in total. The molecule has 1 aromatic carbocycles. The van der Waals surface area contributed by atoms with Gasteiger partial charge >= 0.3 is 0 Å². The summed E-state index contributed by atoms with van der Waals surface area (Å²) in [5, 5.41) is 9.78. The van der Waals surface area contributed by atoms with Gasteiger partial charge in [0.25, 0.3) is 0 Å². The molecule has 0 saturated carbocycles. The van der Waals surface area contributed by atoms with Crippen LogP contribution in [0, 0.1) is 0 Å². The zero-order valence-corrected chi connectivity index (χ0v) is 11.3. The van der Waals surface area contributed by atoms with E-state index < -0.39 is 10.9 Å². The molecule has 1 unspecified atom stereocenters. The van der Waals surface area contributed by atoms with Crippen molar-refractivity contribution in [3.05, 3.63) is 28.2 Å². The molecule has 1 atom stereocenters. The van der Waals surface area contributed by atoms with E-state index in [2.05, 4.69) is 15.9 Å². The molecule has 0 aliphatic carbocycles. The molecular weight excluding hydrogens is 307 g/mol. The second kappa shape index (κ2) is 5.61. The summed E-state index contributed by atoms with van der Waals surface area (Å²) in [6.07, 6.45) is 1.08. The van der Waals surface area contributed by atoms with Crippen LogP contribution in [-0.2, 0) is 0 Å². The molecule has 0 spiro atoms. The molecule has 0 radical (unpaired) electrons. The number of hydrogen-bond donors (Lipinski definition) is 1. The molecule has 1 rings (SSSR count). The summed E-state index contributed by atoms with van der Waals surface area (Å²) in [6.45, 7) is 0. The van der Waals surface area contributed by atoms with Gasteiger partial charge in [0.15, 0.2) is 0 Å². The van der Waals surface area contributed by atoms with Crippen LogP contribution in [0.3, 0.4) is 0 Å². The van der Waals surface area contributed by atoms with Crippen molar-refractivity contribution in [2.24, 2.45) is 0 Å². The minimum atomic E-state index is -0.864. The first-order valence-electron chi connectivity index (χ1n) is 3.86. The quantitative estimate of drug-likeness (QED) is 0.672. The van der Waals surface area contributed by atoms with Gasteiger partial charge in [0.2, 0.25) is 0 Å². The fourth-order valence-corrected chi connectivity index (χ4v) is 2.76. The van der Waals surface area contributed by atoms with Crippen LogP contribution in [0.25, 0.3) is 0 Å². The fourth-order valence-electron chi connectivity index (χ4n) is 1.11. The van der Waals surface area contributed by atoms with E-state index in [0.29, 0.717) is 0 Å². The van der Waals surface area contributed by atoms with E-state index in [1.54, 1.807) is 11.8 Å². The maximum atomic E-state index is 9.78. The summed E-state index contributed by atoms with van der Waals surface area (Å²) in [4.78, 5) is 0.151. The van der Waals surface area contributed by atoms with Gasteiger partial charge in [-0.25, -0.2) is 0 Å². The van der Waals surface area contributed by atoms with Crippen LogP contribution in [-0.4, -0.2) is 16.2 Å². The van der Waals surface area contributed by atoms with Crippen LogP contribution < -0.4 is 0 Å². The van der Waals surface area contributed by atoms with Crippen LogP contribution in [0.1, 0.15) is 11.7 Å². The van der Waals surface area contributed by atoms with Gasteiger partial charge in [0, 0.05) is 14.9 Å². The van der Waals surface area contributed by atoms with Gasteiger partial charge in [-0.15, -0.1) is 35.0 Å². The highest BCUT2D eigenvalue weighted by Crippen LogP contribution is 2.36. The van der Waals surface area contributed by atoms with Crippen molar-refractivity contribution in [3.63, 3.8) is 0 Å². The number of rotatable bonds is 3. The molecular formula is C9H9BrCl2OS. The van der Waals surface area contributed by atoms with Crippen molar-refractivity contribution in [1.82, 2.24) is 0 Å². The SMILES string of the molecule is CSc1cccc(Br)c1C(O)C(Cl)Cl. The van der Waals surface area contributed by atoms with Gasteiger partial charge < -0.3 is 5.11 Å². The average Bonchev–Trinajstić information content (AvgIpc) is 2.16. The molecule has 0 bridgehead atoms.